The molecule has 0 aliphatic carbocycles. The summed E-state index contributed by atoms with van der Waals surface area (Å²) in [5.74, 6) is -6.61. The normalized spacial score (nSPS) is 11.7. The Morgan fingerprint density at radius 3 is 1.20 bits per heavy atom. The summed E-state index contributed by atoms with van der Waals surface area (Å²) in [6.07, 6.45) is -11.5. The molecular formula is C4HF6LaNO3. The molecule has 0 bridgehead atoms. The Bertz CT molecular complexity index is 234. The molecule has 4 nitrogen and oxygen atoms in total. The van der Waals surface area contributed by atoms with Crippen molar-refractivity contribution in [3.8, 4) is 0 Å². The predicted molar refractivity (Wildman–Crippen MR) is 25.7 cm³/mol. The second kappa shape index (κ2) is 5.28. The number of nitrogens with zero attached hydrogens (tertiary/aromatic N) is 1. The number of amides is 2. The Hall–Kier alpha value is -0.125. The van der Waals surface area contributed by atoms with Gasteiger partial charge in [0.15, 0.2) is 0 Å². The zero-order chi connectivity index (χ0) is 11.7. The van der Waals surface area contributed by atoms with Crippen molar-refractivity contribution in [3.05, 3.63) is 0 Å². The van der Waals surface area contributed by atoms with Gasteiger partial charge in [0.2, 0.25) is 0 Å². The first kappa shape index (κ1) is 17.3. The minimum atomic E-state index is -5.75. The molecule has 0 saturated carbocycles. The standard InChI is InChI=1S/C4HF6NO3.La/c5-3(6,7)1(12)11(14)2(13)4(8,9)10;/h14H;. The van der Waals surface area contributed by atoms with E-state index in [1.807, 2.05) is 0 Å². The third-order valence-corrected chi connectivity index (χ3v) is 0.870. The maximum absolute atomic E-state index is 11.4. The van der Waals surface area contributed by atoms with Gasteiger partial charge in [-0.1, -0.05) is 0 Å². The van der Waals surface area contributed by atoms with Crippen molar-refractivity contribution in [3.63, 3.8) is 0 Å². The van der Waals surface area contributed by atoms with E-state index in [1.54, 1.807) is 0 Å². The number of imide groups is 1. The summed E-state index contributed by atoms with van der Waals surface area (Å²) >= 11 is 0. The Morgan fingerprint density at radius 1 is 0.867 bits per heavy atom. The fourth-order valence-electron chi connectivity index (χ4n) is 0.332. The molecule has 0 unspecified atom stereocenters. The molecule has 0 aromatic heterocycles. The SMILES string of the molecule is O=C(N(O)C(=O)C(F)(F)F)C(F)(F)F.[La]. The second-order valence-electron chi connectivity index (χ2n) is 1.92. The first-order valence-corrected chi connectivity index (χ1v) is 2.69. The van der Waals surface area contributed by atoms with E-state index in [4.69, 9.17) is 5.21 Å². The van der Waals surface area contributed by atoms with Gasteiger partial charge in [-0.3, -0.25) is 14.8 Å². The average Bonchev–Trinajstić information content (AvgIpc) is 1.97. The second-order valence-corrected chi connectivity index (χ2v) is 1.92. The van der Waals surface area contributed by atoms with Crippen LogP contribution in [0.5, 0.6) is 0 Å². The number of halogens is 6. The van der Waals surface area contributed by atoms with E-state index < -0.39 is 29.2 Å². The van der Waals surface area contributed by atoms with Crippen LogP contribution in [-0.2, 0) is 9.59 Å². The largest absolute Gasteiger partial charge is 0.474 e. The maximum atomic E-state index is 11.4. The molecule has 0 heterocycles. The van der Waals surface area contributed by atoms with Crippen LogP contribution >= 0.6 is 0 Å². The smallest absolute Gasteiger partial charge is 0.278 e. The van der Waals surface area contributed by atoms with Crippen LogP contribution in [0.15, 0.2) is 0 Å². The summed E-state index contributed by atoms with van der Waals surface area (Å²) in [4.78, 5) is 19.8. The van der Waals surface area contributed by atoms with Crippen LogP contribution < -0.4 is 0 Å². The summed E-state index contributed by atoms with van der Waals surface area (Å²) in [6, 6.07) is 0. The van der Waals surface area contributed by atoms with E-state index in [0.29, 0.717) is 0 Å². The van der Waals surface area contributed by atoms with E-state index in [1.165, 1.54) is 0 Å². The monoisotopic (exact) mass is 364 g/mol. The van der Waals surface area contributed by atoms with Gasteiger partial charge < -0.3 is 0 Å². The summed E-state index contributed by atoms with van der Waals surface area (Å²) in [6.45, 7) is 0. The van der Waals surface area contributed by atoms with Crippen molar-refractivity contribution in [2.45, 2.75) is 12.4 Å². The number of alkyl halides is 6. The minimum absolute atomic E-state index is 0. The molecule has 0 saturated heterocycles. The van der Waals surface area contributed by atoms with Gasteiger partial charge in [-0.15, -0.1) is 5.06 Å². The number of rotatable bonds is 0. The summed E-state index contributed by atoms with van der Waals surface area (Å²) in [5, 5.41) is 5.92. The molecule has 85 valence electrons. The Morgan fingerprint density at radius 2 is 1.07 bits per heavy atom. The van der Waals surface area contributed by atoms with Gasteiger partial charge in [0, 0.05) is 35.6 Å². The number of hydrogen-bond donors (Lipinski definition) is 1. The molecule has 15 heavy (non-hydrogen) atoms. The molecular weight excluding hydrogens is 363 g/mol. The third kappa shape index (κ3) is 4.95. The number of hydroxylamine groups is 2. The molecule has 2 amide bonds. The van der Waals surface area contributed by atoms with Gasteiger partial charge in [-0.05, 0) is 0 Å². The van der Waals surface area contributed by atoms with Crippen molar-refractivity contribution in [2.75, 3.05) is 0 Å². The van der Waals surface area contributed by atoms with E-state index in [9.17, 15) is 35.9 Å². The van der Waals surface area contributed by atoms with Crippen molar-refractivity contribution in [2.24, 2.45) is 0 Å². The summed E-state index contributed by atoms with van der Waals surface area (Å²) in [5.41, 5.74) is 0. The van der Waals surface area contributed by atoms with Gasteiger partial charge in [-0.2, -0.15) is 26.3 Å². The fourth-order valence-corrected chi connectivity index (χ4v) is 0.332. The van der Waals surface area contributed by atoms with Gasteiger partial charge in [0.25, 0.3) is 0 Å². The van der Waals surface area contributed by atoms with Crippen LogP contribution in [0, 0.1) is 35.6 Å². The molecule has 0 aromatic rings. The molecule has 0 aromatic carbocycles. The molecule has 1 N–H and O–H groups in total. The Balaban J connectivity index is 0. The molecule has 0 rings (SSSR count). The molecule has 11 heteroatoms. The van der Waals surface area contributed by atoms with Crippen molar-refractivity contribution < 1.29 is 76.7 Å². The molecule has 0 fully saturated rings. The number of carbonyl (C=O) groups excluding carboxylic acids is 2. The molecule has 0 atom stereocenters. The van der Waals surface area contributed by atoms with Crippen LogP contribution in [0.4, 0.5) is 26.3 Å². The Labute approximate surface area is 106 Å². The van der Waals surface area contributed by atoms with Gasteiger partial charge in [-0.25, -0.2) is 0 Å². The quantitative estimate of drug-likeness (QED) is 0.394. The molecule has 1 radical (unpaired) electrons. The summed E-state index contributed by atoms with van der Waals surface area (Å²) < 4.78 is 68.3. The third-order valence-electron chi connectivity index (χ3n) is 0.870. The topological polar surface area (TPSA) is 57.6 Å². The summed E-state index contributed by atoms with van der Waals surface area (Å²) in [7, 11) is 0. The van der Waals surface area contributed by atoms with E-state index >= 15 is 0 Å². The zero-order valence-electron chi connectivity index (χ0n) is 6.56. The molecule has 0 aliphatic heterocycles. The van der Waals surface area contributed by atoms with E-state index in [0.717, 1.165) is 0 Å². The zero-order valence-corrected chi connectivity index (χ0v) is 10.2. The molecule has 0 spiro atoms. The van der Waals surface area contributed by atoms with Gasteiger partial charge >= 0.3 is 24.2 Å². The van der Waals surface area contributed by atoms with Crippen molar-refractivity contribution in [1.82, 2.24) is 5.06 Å². The van der Waals surface area contributed by atoms with Crippen molar-refractivity contribution >= 4 is 11.8 Å². The van der Waals surface area contributed by atoms with Crippen LogP contribution in [0.1, 0.15) is 0 Å². The van der Waals surface area contributed by atoms with E-state index in [-0.39, 0.29) is 35.6 Å². The first-order valence-electron chi connectivity index (χ1n) is 2.69. The number of hydrogen-bond acceptors (Lipinski definition) is 3. The average molecular weight is 364 g/mol. The van der Waals surface area contributed by atoms with Crippen LogP contribution in [0.25, 0.3) is 0 Å². The van der Waals surface area contributed by atoms with Crippen LogP contribution in [-0.4, -0.2) is 34.4 Å². The first-order chi connectivity index (χ1) is 5.98. The van der Waals surface area contributed by atoms with Crippen LogP contribution in [0.2, 0.25) is 0 Å². The number of carbonyl (C=O) groups is 2. The minimum Gasteiger partial charge on any atom is -0.278 e. The van der Waals surface area contributed by atoms with Crippen LogP contribution in [0.3, 0.4) is 0 Å². The maximum Gasteiger partial charge on any atom is 0.474 e. The van der Waals surface area contributed by atoms with Crippen molar-refractivity contribution in [1.29, 1.82) is 0 Å². The fraction of sp³-hybridized carbons (Fsp3) is 0.500. The predicted octanol–water partition coefficient (Wildman–Crippen LogP) is 0.855. The molecule has 0 aliphatic rings. The van der Waals surface area contributed by atoms with E-state index in [2.05, 4.69) is 0 Å². The Kier molecular flexibility index (Phi) is 6.08. The van der Waals surface area contributed by atoms with Gasteiger partial charge in [0.05, 0.1) is 0 Å². The van der Waals surface area contributed by atoms with Gasteiger partial charge in [0.1, 0.15) is 0 Å².